The third kappa shape index (κ3) is 3.10. The lowest BCUT2D eigenvalue weighted by molar-refractivity contribution is 0.242. The molecule has 3 nitrogen and oxygen atoms in total. The van der Waals surface area contributed by atoms with Crippen molar-refractivity contribution in [3.05, 3.63) is 29.8 Å². The molecule has 0 spiro atoms. The Kier molecular flexibility index (Phi) is 3.76. The Morgan fingerprint density at radius 2 is 1.79 bits per heavy atom. The smallest absolute Gasteiger partial charge is 0.119 e. The molecule has 2 fully saturated rings. The Hall–Kier alpha value is -1.06. The quantitative estimate of drug-likeness (QED) is 0.897. The topological polar surface area (TPSA) is 24.5 Å². The van der Waals surface area contributed by atoms with E-state index in [0.29, 0.717) is 0 Å². The molecule has 0 bridgehead atoms. The van der Waals surface area contributed by atoms with Crippen molar-refractivity contribution in [2.45, 2.75) is 26.5 Å². The molecule has 0 aromatic heterocycles. The van der Waals surface area contributed by atoms with Crippen molar-refractivity contribution >= 4 is 0 Å². The van der Waals surface area contributed by atoms with Gasteiger partial charge in [-0.3, -0.25) is 4.90 Å². The van der Waals surface area contributed by atoms with Gasteiger partial charge < -0.3 is 10.1 Å². The molecule has 0 amide bonds. The highest BCUT2D eigenvalue weighted by Crippen LogP contribution is 2.27. The number of fused-ring (bicyclic) bond motifs is 1. The number of nitrogens with zero attached hydrogens (tertiary/aromatic N) is 1. The Bertz CT molecular complexity index is 403. The van der Waals surface area contributed by atoms with E-state index in [0.717, 1.165) is 24.1 Å². The van der Waals surface area contributed by atoms with Crippen LogP contribution < -0.4 is 10.1 Å². The van der Waals surface area contributed by atoms with E-state index in [1.165, 1.54) is 31.7 Å². The Labute approximate surface area is 115 Å². The van der Waals surface area contributed by atoms with Gasteiger partial charge >= 0.3 is 0 Å². The van der Waals surface area contributed by atoms with Gasteiger partial charge in [0.2, 0.25) is 0 Å². The molecule has 19 heavy (non-hydrogen) atoms. The van der Waals surface area contributed by atoms with Gasteiger partial charge in [-0.25, -0.2) is 0 Å². The second-order valence-corrected chi connectivity index (χ2v) is 6.18. The molecule has 0 radical (unpaired) electrons. The summed E-state index contributed by atoms with van der Waals surface area (Å²) in [7, 11) is 0. The minimum atomic E-state index is 0.247. The SMILES string of the molecule is CC(C)Oc1ccc(CN2CC3CNCC3C2)cc1. The predicted octanol–water partition coefficient (Wildman–Crippen LogP) is 2.12. The maximum Gasteiger partial charge on any atom is 0.119 e. The third-order valence-electron chi connectivity index (χ3n) is 4.17. The van der Waals surface area contributed by atoms with Gasteiger partial charge in [0.15, 0.2) is 0 Å². The highest BCUT2D eigenvalue weighted by molar-refractivity contribution is 5.27. The highest BCUT2D eigenvalue weighted by atomic mass is 16.5. The monoisotopic (exact) mass is 260 g/mol. The fourth-order valence-corrected chi connectivity index (χ4v) is 3.29. The third-order valence-corrected chi connectivity index (χ3v) is 4.17. The summed E-state index contributed by atoms with van der Waals surface area (Å²) >= 11 is 0. The van der Waals surface area contributed by atoms with Crippen LogP contribution in [0.25, 0.3) is 0 Å². The average molecular weight is 260 g/mol. The van der Waals surface area contributed by atoms with Gasteiger partial charge in [-0.05, 0) is 56.5 Å². The van der Waals surface area contributed by atoms with Crippen molar-refractivity contribution in [3.8, 4) is 5.75 Å². The second kappa shape index (κ2) is 5.51. The van der Waals surface area contributed by atoms with Crippen molar-refractivity contribution in [1.82, 2.24) is 10.2 Å². The van der Waals surface area contributed by atoms with Crippen LogP contribution in [0.1, 0.15) is 19.4 Å². The summed E-state index contributed by atoms with van der Waals surface area (Å²) in [6, 6.07) is 8.58. The molecule has 1 N–H and O–H groups in total. The molecular formula is C16H24N2O. The Morgan fingerprint density at radius 3 is 2.37 bits per heavy atom. The van der Waals surface area contributed by atoms with Gasteiger partial charge in [-0.15, -0.1) is 0 Å². The van der Waals surface area contributed by atoms with Gasteiger partial charge in [-0.2, -0.15) is 0 Å². The van der Waals surface area contributed by atoms with E-state index in [9.17, 15) is 0 Å². The van der Waals surface area contributed by atoms with Crippen molar-refractivity contribution in [1.29, 1.82) is 0 Å². The van der Waals surface area contributed by atoms with Crippen LogP contribution in [0.15, 0.2) is 24.3 Å². The van der Waals surface area contributed by atoms with E-state index >= 15 is 0 Å². The summed E-state index contributed by atoms with van der Waals surface area (Å²) < 4.78 is 5.68. The molecule has 0 aliphatic carbocycles. The Balaban J connectivity index is 1.55. The molecule has 2 heterocycles. The number of ether oxygens (including phenoxy) is 1. The number of benzene rings is 1. The molecule has 3 heteroatoms. The van der Waals surface area contributed by atoms with Crippen LogP contribution in [0, 0.1) is 11.8 Å². The van der Waals surface area contributed by atoms with E-state index in [-0.39, 0.29) is 6.10 Å². The average Bonchev–Trinajstić information content (AvgIpc) is 2.91. The van der Waals surface area contributed by atoms with Crippen LogP contribution in [0.2, 0.25) is 0 Å². The molecule has 2 aliphatic heterocycles. The minimum Gasteiger partial charge on any atom is -0.491 e. The maximum absolute atomic E-state index is 5.68. The summed E-state index contributed by atoms with van der Waals surface area (Å²) in [5, 5.41) is 3.49. The zero-order chi connectivity index (χ0) is 13.2. The largest absolute Gasteiger partial charge is 0.491 e. The van der Waals surface area contributed by atoms with Gasteiger partial charge in [-0.1, -0.05) is 12.1 Å². The van der Waals surface area contributed by atoms with E-state index in [1.807, 2.05) is 0 Å². The lowest BCUT2D eigenvalue weighted by atomic mass is 10.0. The first kappa shape index (κ1) is 12.9. The summed E-state index contributed by atoms with van der Waals surface area (Å²) in [6.45, 7) is 10.1. The summed E-state index contributed by atoms with van der Waals surface area (Å²) in [6.07, 6.45) is 0.247. The first-order valence-electron chi connectivity index (χ1n) is 7.39. The van der Waals surface area contributed by atoms with Gasteiger partial charge in [0, 0.05) is 19.6 Å². The van der Waals surface area contributed by atoms with Crippen LogP contribution in [0.5, 0.6) is 5.75 Å². The molecule has 2 atom stereocenters. The minimum absolute atomic E-state index is 0.247. The van der Waals surface area contributed by atoms with Crippen molar-refractivity contribution in [3.63, 3.8) is 0 Å². The van der Waals surface area contributed by atoms with Crippen molar-refractivity contribution in [2.75, 3.05) is 26.2 Å². The van der Waals surface area contributed by atoms with Crippen molar-refractivity contribution < 1.29 is 4.74 Å². The maximum atomic E-state index is 5.68. The first-order valence-corrected chi connectivity index (χ1v) is 7.39. The molecule has 1 aromatic carbocycles. The zero-order valence-electron chi connectivity index (χ0n) is 11.9. The molecule has 1 aromatic rings. The zero-order valence-corrected chi connectivity index (χ0v) is 11.9. The lowest BCUT2D eigenvalue weighted by Crippen LogP contribution is -2.25. The van der Waals surface area contributed by atoms with Crippen LogP contribution in [0.4, 0.5) is 0 Å². The fraction of sp³-hybridized carbons (Fsp3) is 0.625. The van der Waals surface area contributed by atoms with Crippen LogP contribution in [-0.4, -0.2) is 37.2 Å². The fourth-order valence-electron chi connectivity index (χ4n) is 3.29. The molecular weight excluding hydrogens is 236 g/mol. The normalized spacial score (nSPS) is 26.9. The Morgan fingerprint density at radius 1 is 1.16 bits per heavy atom. The first-order chi connectivity index (χ1) is 9.20. The number of nitrogens with one attached hydrogen (secondary N) is 1. The van der Waals surface area contributed by atoms with Gasteiger partial charge in [0.05, 0.1) is 6.10 Å². The number of likely N-dealkylation sites (tertiary alicyclic amines) is 1. The van der Waals surface area contributed by atoms with Gasteiger partial charge in [0.25, 0.3) is 0 Å². The van der Waals surface area contributed by atoms with Crippen LogP contribution in [-0.2, 0) is 6.54 Å². The number of rotatable bonds is 4. The number of hydrogen-bond acceptors (Lipinski definition) is 3. The van der Waals surface area contributed by atoms with E-state index in [2.05, 4.69) is 48.3 Å². The number of hydrogen-bond donors (Lipinski definition) is 1. The molecule has 2 saturated heterocycles. The van der Waals surface area contributed by atoms with Crippen LogP contribution in [0.3, 0.4) is 0 Å². The predicted molar refractivity (Wildman–Crippen MR) is 77.3 cm³/mol. The van der Waals surface area contributed by atoms with E-state index < -0.39 is 0 Å². The van der Waals surface area contributed by atoms with E-state index in [1.54, 1.807) is 0 Å². The molecule has 104 valence electrons. The molecule has 0 saturated carbocycles. The molecule has 2 aliphatic rings. The van der Waals surface area contributed by atoms with Crippen LogP contribution >= 0.6 is 0 Å². The molecule has 2 unspecified atom stereocenters. The van der Waals surface area contributed by atoms with Gasteiger partial charge in [0.1, 0.15) is 5.75 Å². The summed E-state index contributed by atoms with van der Waals surface area (Å²) in [5.74, 6) is 2.73. The second-order valence-electron chi connectivity index (χ2n) is 6.18. The lowest BCUT2D eigenvalue weighted by Gasteiger charge is -2.17. The highest BCUT2D eigenvalue weighted by Gasteiger charge is 2.35. The van der Waals surface area contributed by atoms with E-state index in [4.69, 9.17) is 4.74 Å². The summed E-state index contributed by atoms with van der Waals surface area (Å²) in [5.41, 5.74) is 1.39. The summed E-state index contributed by atoms with van der Waals surface area (Å²) in [4.78, 5) is 2.59. The van der Waals surface area contributed by atoms with Crippen molar-refractivity contribution in [2.24, 2.45) is 11.8 Å². The molecule has 3 rings (SSSR count). The standard InChI is InChI=1S/C16H24N2O/c1-12(2)19-16-5-3-13(4-6-16)9-18-10-14-7-17-8-15(14)11-18/h3-6,12,14-15,17H,7-11H2,1-2H3.